The van der Waals surface area contributed by atoms with Gasteiger partial charge in [0.1, 0.15) is 11.5 Å². The van der Waals surface area contributed by atoms with Gasteiger partial charge >= 0.3 is 0 Å². The van der Waals surface area contributed by atoms with E-state index in [0.29, 0.717) is 5.75 Å². The quantitative estimate of drug-likeness (QED) is 0.433. The van der Waals surface area contributed by atoms with Crippen molar-refractivity contribution < 1.29 is 28.4 Å². The van der Waals surface area contributed by atoms with Crippen LogP contribution in [0.4, 0.5) is 0 Å². The first-order valence-corrected chi connectivity index (χ1v) is 10.5. The van der Waals surface area contributed by atoms with Crippen molar-refractivity contribution in [2.24, 2.45) is 0 Å². The molecule has 196 valence electrons. The average molecular weight is 481 g/mol. The lowest BCUT2D eigenvalue weighted by Crippen LogP contribution is -2.15. The van der Waals surface area contributed by atoms with E-state index < -0.39 is 0 Å². The van der Waals surface area contributed by atoms with E-state index in [9.17, 15) is 0 Å². The molecule has 0 radical (unpaired) electrons. The molecular weight excluding hydrogens is 432 g/mol. The third kappa shape index (κ3) is 7.93. The van der Waals surface area contributed by atoms with E-state index in [2.05, 4.69) is 41.5 Å². The van der Waals surface area contributed by atoms with Gasteiger partial charge in [-0.2, -0.15) is 0 Å². The second-order valence-electron chi connectivity index (χ2n) is 9.29. The van der Waals surface area contributed by atoms with Crippen LogP contribution < -0.4 is 28.4 Å². The Labute approximate surface area is 208 Å². The summed E-state index contributed by atoms with van der Waals surface area (Å²) < 4.78 is 32.1. The fourth-order valence-corrected chi connectivity index (χ4v) is 3.40. The van der Waals surface area contributed by atoms with Crippen LogP contribution in [0.5, 0.6) is 34.5 Å². The third-order valence-electron chi connectivity index (χ3n) is 4.97. The highest BCUT2D eigenvalue weighted by atomic mass is 16.5. The number of hydrogen-bond acceptors (Lipinski definition) is 6. The number of hydrogen-bond donors (Lipinski definition) is 0. The van der Waals surface area contributed by atoms with Gasteiger partial charge < -0.3 is 28.4 Å². The Morgan fingerprint density at radius 2 is 0.971 bits per heavy atom. The number of benzene rings is 2. The van der Waals surface area contributed by atoms with Crippen LogP contribution in [0.2, 0.25) is 0 Å². The normalized spacial score (nSPS) is 10.5. The summed E-state index contributed by atoms with van der Waals surface area (Å²) in [5, 5.41) is 0. The van der Waals surface area contributed by atoms with E-state index in [4.69, 9.17) is 28.4 Å². The van der Waals surface area contributed by atoms with E-state index >= 15 is 0 Å². The van der Waals surface area contributed by atoms with Crippen molar-refractivity contribution in [2.45, 2.75) is 67.2 Å². The van der Waals surface area contributed by atoms with Crippen molar-refractivity contribution in [2.75, 3.05) is 42.7 Å². The highest BCUT2D eigenvalue weighted by Gasteiger charge is 2.26. The molecule has 0 heterocycles. The first kappa shape index (κ1) is 33.4. The smallest absolute Gasteiger partial charge is 0.168 e. The van der Waals surface area contributed by atoms with Gasteiger partial charge in [0.05, 0.1) is 42.7 Å². The van der Waals surface area contributed by atoms with Crippen LogP contribution in [0, 0.1) is 0 Å². The van der Waals surface area contributed by atoms with E-state index in [1.54, 1.807) is 42.7 Å². The zero-order chi connectivity index (χ0) is 24.7. The number of ether oxygens (including phenoxy) is 6. The minimum atomic E-state index is -0.0643. The maximum atomic E-state index is 5.43. The number of methoxy groups -OCH3 is 6. The van der Waals surface area contributed by atoms with Crippen LogP contribution in [0.15, 0.2) is 24.3 Å². The largest absolute Gasteiger partial charge is 0.497 e. The van der Waals surface area contributed by atoms with Crippen molar-refractivity contribution in [3.63, 3.8) is 0 Å². The molecule has 6 heteroatoms. The molecule has 0 aliphatic rings. The van der Waals surface area contributed by atoms with Crippen LogP contribution in [0.25, 0.3) is 0 Å². The zero-order valence-corrected chi connectivity index (χ0v) is 21.8. The lowest BCUT2D eigenvalue weighted by atomic mass is 9.85. The van der Waals surface area contributed by atoms with Gasteiger partial charge in [0.2, 0.25) is 0 Å². The molecule has 0 aliphatic carbocycles. The Hall–Kier alpha value is -2.76. The molecule has 34 heavy (non-hydrogen) atoms. The predicted molar refractivity (Wildman–Crippen MR) is 143 cm³/mol. The summed E-state index contributed by atoms with van der Waals surface area (Å²) >= 11 is 0. The zero-order valence-electron chi connectivity index (χ0n) is 21.8. The average Bonchev–Trinajstić information content (AvgIpc) is 2.75. The minimum absolute atomic E-state index is 0. The van der Waals surface area contributed by atoms with Crippen LogP contribution in [0.1, 0.15) is 67.5 Å². The molecule has 0 unspecified atom stereocenters. The van der Waals surface area contributed by atoms with Crippen LogP contribution in [0.3, 0.4) is 0 Å². The molecule has 0 fully saturated rings. The summed E-state index contributed by atoms with van der Waals surface area (Å²) in [6.07, 6.45) is 0. The van der Waals surface area contributed by atoms with Crippen LogP contribution >= 0.6 is 0 Å². The molecule has 0 aromatic heterocycles. The molecule has 6 nitrogen and oxygen atoms in total. The van der Waals surface area contributed by atoms with Gasteiger partial charge in [-0.15, -0.1) is 0 Å². The lowest BCUT2D eigenvalue weighted by molar-refractivity contribution is 0.333. The van der Waals surface area contributed by atoms with E-state index in [0.717, 1.165) is 39.9 Å². The lowest BCUT2D eigenvalue weighted by Gasteiger charge is -2.25. The van der Waals surface area contributed by atoms with Gasteiger partial charge in [0.15, 0.2) is 23.0 Å². The van der Waals surface area contributed by atoms with Crippen LogP contribution in [-0.4, -0.2) is 42.7 Å². The molecule has 0 spiro atoms. The Bertz CT molecular complexity index is 876. The van der Waals surface area contributed by atoms with Crippen LogP contribution in [-0.2, 0) is 10.8 Å². The highest BCUT2D eigenvalue weighted by Crippen LogP contribution is 2.44. The first-order valence-electron chi connectivity index (χ1n) is 10.5. The summed E-state index contributed by atoms with van der Waals surface area (Å²) in [6.45, 7) is 12.7. The maximum Gasteiger partial charge on any atom is 0.168 e. The molecule has 0 atom stereocenters. The van der Waals surface area contributed by atoms with Crippen molar-refractivity contribution in [3.05, 3.63) is 35.4 Å². The first-order chi connectivity index (χ1) is 14.9. The summed E-state index contributed by atoms with van der Waals surface area (Å²) in [5.41, 5.74) is 2.02. The molecule has 0 N–H and O–H groups in total. The van der Waals surface area contributed by atoms with Crippen molar-refractivity contribution >= 4 is 0 Å². The topological polar surface area (TPSA) is 55.4 Å². The van der Waals surface area contributed by atoms with E-state index in [1.807, 2.05) is 24.3 Å². The minimum Gasteiger partial charge on any atom is -0.497 e. The third-order valence-corrected chi connectivity index (χ3v) is 4.97. The molecule has 0 aliphatic heterocycles. The molecule has 0 bridgehead atoms. The maximum absolute atomic E-state index is 5.43. The van der Waals surface area contributed by atoms with Gasteiger partial charge in [-0.3, -0.25) is 0 Å². The van der Waals surface area contributed by atoms with Gasteiger partial charge in [0, 0.05) is 17.2 Å². The Morgan fingerprint density at radius 1 is 0.500 bits per heavy atom. The molecule has 0 saturated heterocycles. The predicted octanol–water partition coefficient (Wildman–Crippen LogP) is 7.29. The SMILES string of the molecule is C.C.COc1cc(OC)c(OC)c(C(C)(C)C)c1.COc1ccc(OC)c(C(C)(C)C)c1OC. The standard InChI is InChI=1S/2C13H20O3.2CH4/c1-13(2,3)10-7-9(14-4)8-11(15-5)12(10)16-6;1-13(2,3)11-9(14-4)7-8-10(15-5)12(11)16-6;;/h2*7-8H,1-6H3;2*1H4. The fraction of sp³-hybridized carbons (Fsp3) is 0.571. The molecule has 0 saturated carbocycles. The molecular formula is C28H48O6. The monoisotopic (exact) mass is 480 g/mol. The summed E-state index contributed by atoms with van der Waals surface area (Å²) in [4.78, 5) is 0. The van der Waals surface area contributed by atoms with Gasteiger partial charge in [-0.25, -0.2) is 0 Å². The Balaban J connectivity index is 0. The molecule has 0 amide bonds. The summed E-state index contributed by atoms with van der Waals surface area (Å²) in [6, 6.07) is 7.57. The highest BCUT2D eigenvalue weighted by molar-refractivity contribution is 5.57. The molecule has 2 aromatic carbocycles. The number of rotatable bonds is 6. The Kier molecular flexibility index (Phi) is 13.6. The van der Waals surface area contributed by atoms with Crippen molar-refractivity contribution in [1.29, 1.82) is 0 Å². The second-order valence-corrected chi connectivity index (χ2v) is 9.29. The van der Waals surface area contributed by atoms with E-state index in [-0.39, 0.29) is 25.7 Å². The fourth-order valence-electron chi connectivity index (χ4n) is 3.40. The second kappa shape index (κ2) is 13.8. The molecule has 2 rings (SSSR count). The molecule has 2 aromatic rings. The van der Waals surface area contributed by atoms with Gasteiger partial charge in [0.25, 0.3) is 0 Å². The summed E-state index contributed by atoms with van der Waals surface area (Å²) in [5.74, 6) is 4.55. The summed E-state index contributed by atoms with van der Waals surface area (Å²) in [7, 11) is 9.87. The van der Waals surface area contributed by atoms with Crippen molar-refractivity contribution in [1.82, 2.24) is 0 Å². The van der Waals surface area contributed by atoms with Crippen molar-refractivity contribution in [3.8, 4) is 34.5 Å². The van der Waals surface area contributed by atoms with Gasteiger partial charge in [-0.1, -0.05) is 56.4 Å². The Morgan fingerprint density at radius 3 is 1.32 bits per heavy atom. The van der Waals surface area contributed by atoms with E-state index in [1.165, 1.54) is 0 Å². The van der Waals surface area contributed by atoms with Gasteiger partial charge in [-0.05, 0) is 29.0 Å².